The van der Waals surface area contributed by atoms with Gasteiger partial charge in [0.2, 0.25) is 0 Å². The number of benzene rings is 2. The van der Waals surface area contributed by atoms with Gasteiger partial charge in [-0.1, -0.05) is 35.6 Å². The molecule has 8 heteroatoms. The monoisotopic (exact) mass is 354 g/mol. The molecule has 0 aliphatic carbocycles. The molecule has 23 heavy (non-hydrogen) atoms. The van der Waals surface area contributed by atoms with Crippen molar-refractivity contribution in [3.05, 3.63) is 54.1 Å². The van der Waals surface area contributed by atoms with Gasteiger partial charge < -0.3 is 0 Å². The number of rotatable bonds is 3. The summed E-state index contributed by atoms with van der Waals surface area (Å²) in [6.07, 6.45) is 0. The van der Waals surface area contributed by atoms with Gasteiger partial charge in [-0.15, -0.1) is 0 Å². The number of thioether (sulfide) groups is 1. The van der Waals surface area contributed by atoms with E-state index in [1.807, 2.05) is 18.2 Å². The average molecular weight is 354 g/mol. The average Bonchev–Trinajstić information content (AvgIpc) is 2.88. The number of para-hydroxylation sites is 1. The number of hydrogen-bond donors (Lipinski definition) is 1. The summed E-state index contributed by atoms with van der Waals surface area (Å²) in [6.45, 7) is 0. The summed E-state index contributed by atoms with van der Waals surface area (Å²) in [5, 5.41) is 2.91. The fourth-order valence-corrected chi connectivity index (χ4v) is 3.49. The molecule has 0 saturated carbocycles. The summed E-state index contributed by atoms with van der Waals surface area (Å²) in [5.74, 6) is -0.614. The number of nitrogens with zero attached hydrogens (tertiary/aromatic N) is 1. The van der Waals surface area contributed by atoms with Gasteiger partial charge >= 0.3 is 5.51 Å². The van der Waals surface area contributed by atoms with E-state index in [0.29, 0.717) is 5.13 Å². The largest absolute Gasteiger partial charge is 0.446 e. The fraction of sp³-hybridized carbons (Fsp3) is 0.0667. The molecule has 3 rings (SSSR count). The number of fused-ring (bicyclic) bond motifs is 1. The van der Waals surface area contributed by atoms with Gasteiger partial charge in [-0.25, -0.2) is 4.98 Å². The van der Waals surface area contributed by atoms with Crippen molar-refractivity contribution in [1.82, 2.24) is 4.98 Å². The maximum atomic E-state index is 12.6. The minimum absolute atomic E-state index is 0.0333. The lowest BCUT2D eigenvalue weighted by atomic mass is 10.2. The van der Waals surface area contributed by atoms with E-state index in [1.54, 1.807) is 6.07 Å². The van der Waals surface area contributed by atoms with Crippen molar-refractivity contribution in [3.8, 4) is 0 Å². The summed E-state index contributed by atoms with van der Waals surface area (Å²) >= 11 is 0.961. The standard InChI is InChI=1S/C15H9F3N2OS2/c16-15(17,18)23-11-7-3-1-5-9(11)13(21)20-14-19-10-6-2-4-8-12(10)22-14/h1-8H,(H,19,20,21). The minimum Gasteiger partial charge on any atom is -0.298 e. The smallest absolute Gasteiger partial charge is 0.298 e. The number of alkyl halides is 3. The summed E-state index contributed by atoms with van der Waals surface area (Å²) in [4.78, 5) is 16.4. The second-order valence-electron chi connectivity index (χ2n) is 4.48. The molecule has 0 spiro atoms. The van der Waals surface area contributed by atoms with Crippen molar-refractivity contribution >= 4 is 44.4 Å². The normalized spacial score (nSPS) is 11.6. The van der Waals surface area contributed by atoms with Crippen molar-refractivity contribution in [2.75, 3.05) is 5.32 Å². The van der Waals surface area contributed by atoms with Gasteiger partial charge in [-0.3, -0.25) is 10.1 Å². The van der Waals surface area contributed by atoms with E-state index < -0.39 is 11.4 Å². The molecule has 1 N–H and O–H groups in total. The molecule has 118 valence electrons. The number of anilines is 1. The first-order valence-electron chi connectivity index (χ1n) is 6.44. The second kappa shape index (κ2) is 6.21. The maximum absolute atomic E-state index is 12.6. The number of hydrogen-bond acceptors (Lipinski definition) is 4. The number of nitrogens with one attached hydrogen (secondary N) is 1. The van der Waals surface area contributed by atoms with Gasteiger partial charge in [0.15, 0.2) is 5.13 Å². The predicted octanol–water partition coefficient (Wildman–Crippen LogP) is 5.16. The summed E-state index contributed by atoms with van der Waals surface area (Å²) in [7, 11) is 0. The Kier molecular flexibility index (Phi) is 4.27. The zero-order chi connectivity index (χ0) is 16.4. The molecule has 0 aliphatic rings. The third-order valence-corrected chi connectivity index (χ3v) is 4.63. The molecule has 0 unspecified atom stereocenters. The van der Waals surface area contributed by atoms with Crippen LogP contribution in [0, 0.1) is 0 Å². The lowest BCUT2D eigenvalue weighted by Crippen LogP contribution is -2.13. The summed E-state index contributed by atoms with van der Waals surface area (Å²) in [6, 6.07) is 12.9. The minimum atomic E-state index is -4.45. The first-order valence-corrected chi connectivity index (χ1v) is 8.07. The number of halogens is 3. The predicted molar refractivity (Wildman–Crippen MR) is 85.9 cm³/mol. The Labute approximate surface area is 137 Å². The van der Waals surface area contributed by atoms with Gasteiger partial charge in [-0.05, 0) is 36.0 Å². The quantitative estimate of drug-likeness (QED) is 0.661. The topological polar surface area (TPSA) is 42.0 Å². The van der Waals surface area contributed by atoms with Crippen LogP contribution in [-0.4, -0.2) is 16.4 Å². The van der Waals surface area contributed by atoms with Crippen LogP contribution in [-0.2, 0) is 0 Å². The number of thiazole rings is 1. The summed E-state index contributed by atoms with van der Waals surface area (Å²) < 4.78 is 38.6. The van der Waals surface area contributed by atoms with Crippen LogP contribution in [0.15, 0.2) is 53.4 Å². The molecular weight excluding hydrogens is 345 g/mol. The molecule has 0 atom stereocenters. The Bertz CT molecular complexity index is 828. The SMILES string of the molecule is O=C(Nc1nc2ccccc2s1)c1ccccc1SC(F)(F)F. The van der Waals surface area contributed by atoms with Gasteiger partial charge in [0.1, 0.15) is 0 Å². The highest BCUT2D eigenvalue weighted by Gasteiger charge is 2.31. The number of carbonyl (C=O) groups excluding carboxylic acids is 1. The highest BCUT2D eigenvalue weighted by molar-refractivity contribution is 8.00. The lowest BCUT2D eigenvalue weighted by Gasteiger charge is -2.10. The van der Waals surface area contributed by atoms with E-state index in [0.717, 1.165) is 10.2 Å². The number of aromatic nitrogens is 1. The molecule has 0 aliphatic heterocycles. The Hall–Kier alpha value is -2.06. The molecule has 3 nitrogen and oxygen atoms in total. The molecule has 0 saturated heterocycles. The number of carbonyl (C=O) groups is 1. The molecule has 2 aromatic carbocycles. The van der Waals surface area contributed by atoms with Crippen molar-refractivity contribution in [1.29, 1.82) is 0 Å². The third kappa shape index (κ3) is 3.83. The highest BCUT2D eigenvalue weighted by atomic mass is 32.2. The first kappa shape index (κ1) is 15.8. The van der Waals surface area contributed by atoms with E-state index in [1.165, 1.54) is 35.6 Å². The van der Waals surface area contributed by atoms with Gasteiger partial charge in [0.25, 0.3) is 5.91 Å². The molecule has 1 amide bonds. The van der Waals surface area contributed by atoms with Crippen LogP contribution in [0.1, 0.15) is 10.4 Å². The van der Waals surface area contributed by atoms with E-state index >= 15 is 0 Å². The molecule has 0 bridgehead atoms. The van der Waals surface area contributed by atoms with Crippen LogP contribution in [0.5, 0.6) is 0 Å². The van der Waals surface area contributed by atoms with Crippen LogP contribution >= 0.6 is 23.1 Å². The second-order valence-corrected chi connectivity index (χ2v) is 6.62. The fourth-order valence-electron chi connectivity index (χ4n) is 1.96. The van der Waals surface area contributed by atoms with Crippen molar-refractivity contribution < 1.29 is 18.0 Å². The number of amides is 1. The van der Waals surface area contributed by atoms with Crippen LogP contribution in [0.4, 0.5) is 18.3 Å². The maximum Gasteiger partial charge on any atom is 0.446 e. The molecule has 3 aromatic rings. The summed E-state index contributed by atoms with van der Waals surface area (Å²) in [5.41, 5.74) is -3.76. The van der Waals surface area contributed by atoms with Crippen molar-refractivity contribution in [2.45, 2.75) is 10.4 Å². The van der Waals surface area contributed by atoms with Crippen LogP contribution < -0.4 is 5.32 Å². The van der Waals surface area contributed by atoms with E-state index in [2.05, 4.69) is 10.3 Å². The van der Waals surface area contributed by atoms with Crippen LogP contribution in [0.25, 0.3) is 10.2 Å². The highest BCUT2D eigenvalue weighted by Crippen LogP contribution is 2.38. The van der Waals surface area contributed by atoms with Gasteiger partial charge in [-0.2, -0.15) is 13.2 Å². The zero-order valence-corrected chi connectivity index (χ0v) is 13.1. The molecule has 0 radical (unpaired) electrons. The lowest BCUT2D eigenvalue weighted by molar-refractivity contribution is -0.0328. The first-order chi connectivity index (χ1) is 10.9. The van der Waals surface area contributed by atoms with Crippen LogP contribution in [0.3, 0.4) is 0 Å². The van der Waals surface area contributed by atoms with Gasteiger partial charge in [0, 0.05) is 4.90 Å². The molecule has 1 heterocycles. The van der Waals surface area contributed by atoms with Crippen molar-refractivity contribution in [3.63, 3.8) is 0 Å². The Morgan fingerprint density at radius 2 is 1.78 bits per heavy atom. The van der Waals surface area contributed by atoms with E-state index in [-0.39, 0.29) is 22.2 Å². The Balaban J connectivity index is 1.86. The molecule has 0 fully saturated rings. The molecular formula is C15H9F3N2OS2. The Morgan fingerprint density at radius 1 is 1.09 bits per heavy atom. The Morgan fingerprint density at radius 3 is 2.52 bits per heavy atom. The zero-order valence-electron chi connectivity index (χ0n) is 11.4. The molecule has 1 aromatic heterocycles. The van der Waals surface area contributed by atoms with E-state index in [4.69, 9.17) is 0 Å². The van der Waals surface area contributed by atoms with Crippen LogP contribution in [0.2, 0.25) is 0 Å². The van der Waals surface area contributed by atoms with Crippen molar-refractivity contribution in [2.24, 2.45) is 0 Å². The third-order valence-electron chi connectivity index (χ3n) is 2.87. The van der Waals surface area contributed by atoms with Gasteiger partial charge in [0.05, 0.1) is 15.8 Å². The van der Waals surface area contributed by atoms with E-state index in [9.17, 15) is 18.0 Å².